The zero-order valence-electron chi connectivity index (χ0n) is 10.9. The molecule has 1 saturated carbocycles. The zero-order valence-corrected chi connectivity index (χ0v) is 10.9. The summed E-state index contributed by atoms with van der Waals surface area (Å²) in [5.74, 6) is 0.920. The van der Waals surface area contributed by atoms with Gasteiger partial charge in [0.15, 0.2) is 0 Å². The van der Waals surface area contributed by atoms with Crippen molar-refractivity contribution in [2.75, 3.05) is 0 Å². The Hall–Kier alpha value is -1.41. The van der Waals surface area contributed by atoms with Gasteiger partial charge in [-0.05, 0) is 36.5 Å². The Balaban J connectivity index is 1.68. The number of benzene rings is 1. The van der Waals surface area contributed by atoms with Crippen molar-refractivity contribution in [3.8, 4) is 0 Å². The summed E-state index contributed by atoms with van der Waals surface area (Å²) in [6, 6.07) is 11.3. The smallest absolute Gasteiger partial charge is 0.0705 e. The predicted molar refractivity (Wildman–Crippen MR) is 75.4 cm³/mol. The molecule has 1 aromatic carbocycles. The number of pyridine rings is 1. The maximum absolute atomic E-state index is 4.40. The quantitative estimate of drug-likeness (QED) is 0.865. The molecule has 1 N–H and O–H groups in total. The second kappa shape index (κ2) is 5.07. The lowest BCUT2D eigenvalue weighted by Gasteiger charge is -2.07. The van der Waals surface area contributed by atoms with Gasteiger partial charge in [0, 0.05) is 24.2 Å². The average molecular weight is 240 g/mol. The van der Waals surface area contributed by atoms with E-state index in [1.54, 1.807) is 0 Å². The fourth-order valence-corrected chi connectivity index (χ4v) is 2.74. The van der Waals surface area contributed by atoms with Gasteiger partial charge in [-0.2, -0.15) is 0 Å². The van der Waals surface area contributed by atoms with Crippen LogP contribution in [0.2, 0.25) is 0 Å². The van der Waals surface area contributed by atoms with Crippen molar-refractivity contribution in [2.24, 2.45) is 5.92 Å². The lowest BCUT2D eigenvalue weighted by atomic mass is 10.1. The lowest BCUT2D eigenvalue weighted by Crippen LogP contribution is -2.17. The molecule has 0 saturated heterocycles. The molecule has 0 spiro atoms. The van der Waals surface area contributed by atoms with Crippen molar-refractivity contribution in [2.45, 2.75) is 38.8 Å². The van der Waals surface area contributed by atoms with Gasteiger partial charge in [-0.3, -0.25) is 4.98 Å². The van der Waals surface area contributed by atoms with Crippen molar-refractivity contribution < 1.29 is 0 Å². The minimum Gasteiger partial charge on any atom is -0.310 e. The zero-order chi connectivity index (χ0) is 12.4. The summed E-state index contributed by atoms with van der Waals surface area (Å²) in [5, 5.41) is 4.95. The van der Waals surface area contributed by atoms with E-state index >= 15 is 0 Å². The van der Waals surface area contributed by atoms with Crippen LogP contribution < -0.4 is 5.32 Å². The van der Waals surface area contributed by atoms with Crippen LogP contribution in [0.3, 0.4) is 0 Å². The first-order valence-corrected chi connectivity index (χ1v) is 6.94. The Kier molecular flexibility index (Phi) is 3.28. The van der Waals surface area contributed by atoms with Crippen LogP contribution in [0.4, 0.5) is 0 Å². The van der Waals surface area contributed by atoms with Crippen molar-refractivity contribution in [3.05, 3.63) is 42.1 Å². The molecule has 0 bridgehead atoms. The molecule has 0 aliphatic heterocycles. The summed E-state index contributed by atoms with van der Waals surface area (Å²) >= 11 is 0. The molecule has 3 rings (SSSR count). The molecule has 1 aliphatic carbocycles. The first kappa shape index (κ1) is 11.7. The Bertz CT molecular complexity index is 530. The van der Waals surface area contributed by atoms with Crippen LogP contribution in [0.1, 0.15) is 31.7 Å². The Morgan fingerprint density at radius 1 is 1.28 bits per heavy atom. The van der Waals surface area contributed by atoms with E-state index in [4.69, 9.17) is 0 Å². The second-order valence-corrected chi connectivity index (χ2v) is 5.26. The average Bonchev–Trinajstić information content (AvgIpc) is 3.15. The molecule has 0 amide bonds. The van der Waals surface area contributed by atoms with Gasteiger partial charge < -0.3 is 5.32 Å². The van der Waals surface area contributed by atoms with E-state index in [0.29, 0.717) is 0 Å². The fraction of sp³-hybridized carbons (Fsp3) is 0.438. The van der Waals surface area contributed by atoms with Gasteiger partial charge in [0.05, 0.1) is 5.52 Å². The third-order valence-electron chi connectivity index (χ3n) is 3.88. The molecule has 2 unspecified atom stereocenters. The maximum atomic E-state index is 4.40. The highest BCUT2D eigenvalue weighted by Gasteiger charge is 2.35. The van der Waals surface area contributed by atoms with Crippen LogP contribution in [0.25, 0.3) is 10.9 Å². The van der Waals surface area contributed by atoms with Gasteiger partial charge in [-0.25, -0.2) is 0 Å². The van der Waals surface area contributed by atoms with Crippen molar-refractivity contribution in [1.82, 2.24) is 10.3 Å². The monoisotopic (exact) mass is 240 g/mol. The molecule has 1 heterocycles. The van der Waals surface area contributed by atoms with Crippen LogP contribution in [0, 0.1) is 5.92 Å². The van der Waals surface area contributed by atoms with E-state index < -0.39 is 0 Å². The standard InChI is InChI=1S/C16H20N2/c1-2-5-12-10-16(12)18-11-13-8-9-17-15-7-4-3-6-14(13)15/h3-4,6-9,12,16,18H,2,5,10-11H2,1H3. The highest BCUT2D eigenvalue weighted by Crippen LogP contribution is 2.34. The third kappa shape index (κ3) is 2.39. The number of para-hydroxylation sites is 1. The lowest BCUT2D eigenvalue weighted by molar-refractivity contribution is 0.600. The summed E-state index contributed by atoms with van der Waals surface area (Å²) in [6.45, 7) is 3.24. The largest absolute Gasteiger partial charge is 0.310 e. The minimum absolute atomic E-state index is 0.747. The number of rotatable bonds is 5. The van der Waals surface area contributed by atoms with Crippen LogP contribution in [0.15, 0.2) is 36.5 Å². The highest BCUT2D eigenvalue weighted by atomic mass is 15.0. The SMILES string of the molecule is CCCC1CC1NCc1ccnc2ccccc12. The van der Waals surface area contributed by atoms with Gasteiger partial charge in [0.25, 0.3) is 0 Å². The third-order valence-corrected chi connectivity index (χ3v) is 3.88. The first-order valence-electron chi connectivity index (χ1n) is 6.94. The van der Waals surface area contributed by atoms with Crippen LogP contribution in [-0.4, -0.2) is 11.0 Å². The van der Waals surface area contributed by atoms with Crippen molar-refractivity contribution in [1.29, 1.82) is 0 Å². The van der Waals surface area contributed by atoms with E-state index in [1.165, 1.54) is 30.2 Å². The summed E-state index contributed by atoms with van der Waals surface area (Å²) in [4.78, 5) is 4.40. The highest BCUT2D eigenvalue weighted by molar-refractivity contribution is 5.81. The molecule has 18 heavy (non-hydrogen) atoms. The Labute approximate surface area is 108 Å². The predicted octanol–water partition coefficient (Wildman–Crippen LogP) is 3.51. The van der Waals surface area contributed by atoms with E-state index in [-0.39, 0.29) is 0 Å². The van der Waals surface area contributed by atoms with Gasteiger partial charge in [-0.1, -0.05) is 31.5 Å². The molecule has 2 nitrogen and oxygen atoms in total. The minimum atomic E-state index is 0.747. The molecule has 0 radical (unpaired) electrons. The topological polar surface area (TPSA) is 24.9 Å². The Morgan fingerprint density at radius 2 is 2.17 bits per heavy atom. The number of hydrogen-bond acceptors (Lipinski definition) is 2. The summed E-state index contributed by atoms with van der Waals surface area (Å²) in [5.41, 5.74) is 2.46. The van der Waals surface area contributed by atoms with Crippen LogP contribution in [-0.2, 0) is 6.54 Å². The van der Waals surface area contributed by atoms with Gasteiger partial charge in [0.2, 0.25) is 0 Å². The molecule has 2 heteroatoms. The molecule has 94 valence electrons. The molecule has 1 aromatic heterocycles. The molecule has 1 aliphatic rings. The fourth-order valence-electron chi connectivity index (χ4n) is 2.74. The van der Waals surface area contributed by atoms with Crippen LogP contribution >= 0.6 is 0 Å². The van der Waals surface area contributed by atoms with Gasteiger partial charge in [0.1, 0.15) is 0 Å². The normalized spacial score (nSPS) is 22.3. The summed E-state index contributed by atoms with van der Waals surface area (Å²) in [6.07, 6.45) is 5.95. The number of aromatic nitrogens is 1. The number of hydrogen-bond donors (Lipinski definition) is 1. The second-order valence-electron chi connectivity index (χ2n) is 5.26. The molecular weight excluding hydrogens is 220 g/mol. The summed E-state index contributed by atoms with van der Waals surface area (Å²) in [7, 11) is 0. The number of nitrogens with zero attached hydrogens (tertiary/aromatic N) is 1. The van der Waals surface area contributed by atoms with Gasteiger partial charge in [-0.15, -0.1) is 0 Å². The number of fused-ring (bicyclic) bond motifs is 1. The molecular formula is C16H20N2. The molecule has 2 atom stereocenters. The van der Waals surface area contributed by atoms with Crippen molar-refractivity contribution in [3.63, 3.8) is 0 Å². The van der Waals surface area contributed by atoms with Gasteiger partial charge >= 0.3 is 0 Å². The maximum Gasteiger partial charge on any atom is 0.0705 e. The van der Waals surface area contributed by atoms with E-state index in [0.717, 1.165) is 24.0 Å². The van der Waals surface area contributed by atoms with Crippen LogP contribution in [0.5, 0.6) is 0 Å². The molecule has 1 fully saturated rings. The van der Waals surface area contributed by atoms with E-state index in [9.17, 15) is 0 Å². The first-order chi connectivity index (χ1) is 8.88. The van der Waals surface area contributed by atoms with E-state index in [2.05, 4.69) is 41.5 Å². The Morgan fingerprint density at radius 3 is 3.06 bits per heavy atom. The molecule has 2 aromatic rings. The van der Waals surface area contributed by atoms with E-state index in [1.807, 2.05) is 12.3 Å². The summed E-state index contributed by atoms with van der Waals surface area (Å²) < 4.78 is 0. The number of nitrogens with one attached hydrogen (secondary N) is 1. The van der Waals surface area contributed by atoms with Crippen molar-refractivity contribution >= 4 is 10.9 Å².